The Morgan fingerprint density at radius 2 is 1.90 bits per heavy atom. The van der Waals surface area contributed by atoms with E-state index in [9.17, 15) is 9.90 Å². The van der Waals surface area contributed by atoms with E-state index in [0.29, 0.717) is 13.0 Å². The molecule has 0 saturated carbocycles. The number of nitrogens with one attached hydrogen (secondary N) is 1. The van der Waals surface area contributed by atoms with Crippen molar-refractivity contribution in [1.29, 1.82) is 0 Å². The van der Waals surface area contributed by atoms with Crippen molar-refractivity contribution < 1.29 is 9.90 Å². The van der Waals surface area contributed by atoms with Gasteiger partial charge in [-0.2, -0.15) is 11.8 Å². The summed E-state index contributed by atoms with van der Waals surface area (Å²) < 4.78 is 0. The Kier molecular flexibility index (Phi) is 8.23. The number of benzene rings is 1. The van der Waals surface area contributed by atoms with Crippen LogP contribution in [0.25, 0.3) is 0 Å². The fourth-order valence-electron chi connectivity index (χ4n) is 2.20. The van der Waals surface area contributed by atoms with E-state index in [1.807, 2.05) is 6.26 Å². The van der Waals surface area contributed by atoms with Gasteiger partial charge in [0.25, 0.3) is 0 Å². The standard InChI is InChI=1S/C16H26N2O2S/c1-4-18(5-2)14-8-6-13(7-9-14)12-17-15(16(19)20)10-11-21-3/h6-9,15,17H,4-5,10-12H2,1-3H3,(H,19,20)/t15-/m0/s1. The van der Waals surface area contributed by atoms with Gasteiger partial charge >= 0.3 is 5.97 Å². The molecule has 118 valence electrons. The summed E-state index contributed by atoms with van der Waals surface area (Å²) in [6.45, 7) is 6.85. The SMILES string of the molecule is CCN(CC)c1ccc(CN[C@@H](CCSC)C(=O)O)cc1. The topological polar surface area (TPSA) is 52.6 Å². The van der Waals surface area contributed by atoms with Crippen LogP contribution < -0.4 is 10.2 Å². The lowest BCUT2D eigenvalue weighted by Crippen LogP contribution is -2.36. The zero-order valence-corrected chi connectivity index (χ0v) is 13.9. The Labute approximate surface area is 131 Å². The van der Waals surface area contributed by atoms with E-state index in [1.165, 1.54) is 5.69 Å². The predicted octanol–water partition coefficient (Wildman–Crippen LogP) is 2.83. The van der Waals surface area contributed by atoms with Crippen LogP contribution in [0.2, 0.25) is 0 Å². The molecular formula is C16H26N2O2S. The average Bonchev–Trinajstić information content (AvgIpc) is 2.49. The van der Waals surface area contributed by atoms with Gasteiger partial charge in [0.15, 0.2) is 0 Å². The number of thioether (sulfide) groups is 1. The van der Waals surface area contributed by atoms with Crippen LogP contribution in [-0.2, 0) is 11.3 Å². The van der Waals surface area contributed by atoms with Crippen molar-refractivity contribution in [1.82, 2.24) is 5.32 Å². The van der Waals surface area contributed by atoms with Gasteiger partial charge in [-0.3, -0.25) is 4.79 Å². The van der Waals surface area contributed by atoms with E-state index in [4.69, 9.17) is 0 Å². The van der Waals surface area contributed by atoms with Gasteiger partial charge in [0, 0.05) is 25.3 Å². The van der Waals surface area contributed by atoms with Crippen molar-refractivity contribution in [3.63, 3.8) is 0 Å². The molecule has 0 aromatic heterocycles. The van der Waals surface area contributed by atoms with Crippen LogP contribution in [-0.4, -0.2) is 42.2 Å². The number of carbonyl (C=O) groups is 1. The highest BCUT2D eigenvalue weighted by molar-refractivity contribution is 7.98. The number of carboxylic acid groups (broad SMARTS) is 1. The first kappa shape index (κ1) is 17.9. The molecule has 5 heteroatoms. The van der Waals surface area contributed by atoms with Crippen LogP contribution in [0, 0.1) is 0 Å². The smallest absolute Gasteiger partial charge is 0.320 e. The van der Waals surface area contributed by atoms with Gasteiger partial charge in [-0.15, -0.1) is 0 Å². The summed E-state index contributed by atoms with van der Waals surface area (Å²) in [5.41, 5.74) is 2.32. The fraction of sp³-hybridized carbons (Fsp3) is 0.562. The molecule has 0 heterocycles. The first-order valence-electron chi connectivity index (χ1n) is 7.41. The second kappa shape index (κ2) is 9.68. The first-order chi connectivity index (χ1) is 10.1. The highest BCUT2D eigenvalue weighted by atomic mass is 32.2. The number of nitrogens with zero attached hydrogens (tertiary/aromatic N) is 1. The van der Waals surface area contributed by atoms with Crippen molar-refractivity contribution in [2.75, 3.05) is 30.0 Å². The maximum Gasteiger partial charge on any atom is 0.320 e. The Morgan fingerprint density at radius 1 is 1.29 bits per heavy atom. The number of rotatable bonds is 10. The molecule has 0 bridgehead atoms. The lowest BCUT2D eigenvalue weighted by molar-refractivity contribution is -0.139. The second-order valence-electron chi connectivity index (χ2n) is 4.89. The number of carboxylic acids is 1. The quantitative estimate of drug-likeness (QED) is 0.696. The lowest BCUT2D eigenvalue weighted by Gasteiger charge is -2.21. The van der Waals surface area contributed by atoms with Gasteiger partial charge in [-0.1, -0.05) is 12.1 Å². The third-order valence-electron chi connectivity index (χ3n) is 3.53. The van der Waals surface area contributed by atoms with Crippen molar-refractivity contribution in [3.05, 3.63) is 29.8 Å². The van der Waals surface area contributed by atoms with Crippen LogP contribution in [0.3, 0.4) is 0 Å². The van der Waals surface area contributed by atoms with Crippen LogP contribution in [0.15, 0.2) is 24.3 Å². The summed E-state index contributed by atoms with van der Waals surface area (Å²) in [4.78, 5) is 13.5. The second-order valence-corrected chi connectivity index (χ2v) is 5.88. The molecule has 4 nitrogen and oxygen atoms in total. The van der Waals surface area contributed by atoms with Crippen molar-refractivity contribution in [2.45, 2.75) is 32.9 Å². The third-order valence-corrected chi connectivity index (χ3v) is 4.17. The summed E-state index contributed by atoms with van der Waals surface area (Å²) in [5, 5.41) is 12.3. The molecule has 0 aliphatic carbocycles. The molecule has 0 spiro atoms. The molecule has 0 saturated heterocycles. The fourth-order valence-corrected chi connectivity index (χ4v) is 2.67. The lowest BCUT2D eigenvalue weighted by atomic mass is 10.1. The molecule has 1 atom stereocenters. The van der Waals surface area contributed by atoms with E-state index < -0.39 is 12.0 Å². The molecular weight excluding hydrogens is 284 g/mol. The molecule has 1 aromatic carbocycles. The molecule has 21 heavy (non-hydrogen) atoms. The number of hydrogen-bond donors (Lipinski definition) is 2. The van der Waals surface area contributed by atoms with Gasteiger partial charge in [0.2, 0.25) is 0 Å². The average molecular weight is 310 g/mol. The van der Waals surface area contributed by atoms with Gasteiger partial charge in [-0.25, -0.2) is 0 Å². The van der Waals surface area contributed by atoms with E-state index in [-0.39, 0.29) is 0 Å². The molecule has 2 N–H and O–H groups in total. The Bertz CT molecular complexity index is 419. The molecule has 0 unspecified atom stereocenters. The van der Waals surface area contributed by atoms with Gasteiger partial charge in [0.1, 0.15) is 6.04 Å². The van der Waals surface area contributed by atoms with E-state index in [2.05, 4.69) is 48.3 Å². The Balaban J connectivity index is 2.56. The minimum atomic E-state index is -0.774. The Hall–Kier alpha value is -1.20. The van der Waals surface area contributed by atoms with Gasteiger partial charge in [-0.05, 0) is 50.0 Å². The molecule has 1 rings (SSSR count). The summed E-state index contributed by atoms with van der Waals surface area (Å²) >= 11 is 1.67. The summed E-state index contributed by atoms with van der Waals surface area (Å²) in [6.07, 6.45) is 2.64. The molecule has 0 radical (unpaired) electrons. The molecule has 0 aliphatic heterocycles. The zero-order valence-electron chi connectivity index (χ0n) is 13.1. The number of aliphatic carboxylic acids is 1. The van der Waals surface area contributed by atoms with Crippen molar-refractivity contribution in [2.24, 2.45) is 0 Å². The van der Waals surface area contributed by atoms with Crippen molar-refractivity contribution >= 4 is 23.4 Å². The minimum Gasteiger partial charge on any atom is -0.480 e. The molecule has 0 aliphatic rings. The summed E-state index contributed by atoms with van der Waals surface area (Å²) in [6, 6.07) is 7.85. The van der Waals surface area contributed by atoms with Gasteiger partial charge < -0.3 is 15.3 Å². The highest BCUT2D eigenvalue weighted by Crippen LogP contribution is 2.15. The summed E-state index contributed by atoms with van der Waals surface area (Å²) in [5.74, 6) is 0.0778. The third kappa shape index (κ3) is 5.98. The predicted molar refractivity (Wildman–Crippen MR) is 91.3 cm³/mol. The molecule has 1 aromatic rings. The van der Waals surface area contributed by atoms with Crippen LogP contribution in [0.5, 0.6) is 0 Å². The van der Waals surface area contributed by atoms with E-state index in [1.54, 1.807) is 11.8 Å². The first-order valence-corrected chi connectivity index (χ1v) is 8.80. The molecule has 0 amide bonds. The van der Waals surface area contributed by atoms with E-state index >= 15 is 0 Å². The van der Waals surface area contributed by atoms with Crippen molar-refractivity contribution in [3.8, 4) is 0 Å². The minimum absolute atomic E-state index is 0.472. The number of hydrogen-bond acceptors (Lipinski definition) is 4. The molecule has 0 fully saturated rings. The van der Waals surface area contributed by atoms with Crippen LogP contribution >= 0.6 is 11.8 Å². The Morgan fingerprint density at radius 3 is 2.38 bits per heavy atom. The zero-order chi connectivity index (χ0) is 15.7. The van der Waals surface area contributed by atoms with Gasteiger partial charge in [0.05, 0.1) is 0 Å². The largest absolute Gasteiger partial charge is 0.480 e. The highest BCUT2D eigenvalue weighted by Gasteiger charge is 2.15. The van der Waals surface area contributed by atoms with E-state index in [0.717, 1.165) is 24.4 Å². The maximum absolute atomic E-state index is 11.2. The van der Waals surface area contributed by atoms with Crippen LogP contribution in [0.1, 0.15) is 25.8 Å². The monoisotopic (exact) mass is 310 g/mol. The summed E-state index contributed by atoms with van der Waals surface area (Å²) in [7, 11) is 0. The van der Waals surface area contributed by atoms with Crippen LogP contribution in [0.4, 0.5) is 5.69 Å². The normalized spacial score (nSPS) is 12.1. The number of anilines is 1. The maximum atomic E-state index is 11.2.